The van der Waals surface area contributed by atoms with Crippen LogP contribution >= 0.6 is 0 Å². The van der Waals surface area contributed by atoms with E-state index >= 15 is 0 Å². The molecule has 1 aromatic rings. The SMILES string of the molecule is CC(C)Cc1ccc(C(C)NCC(C2CC2)C2CC2)cc1. The first kappa shape index (κ1) is 15.1. The Morgan fingerprint density at radius 3 is 2.00 bits per heavy atom. The number of nitrogens with one attached hydrogen (secondary N) is 1. The summed E-state index contributed by atoms with van der Waals surface area (Å²) in [5.41, 5.74) is 2.91. The van der Waals surface area contributed by atoms with Gasteiger partial charge in [-0.2, -0.15) is 0 Å². The number of rotatable bonds is 8. The van der Waals surface area contributed by atoms with Gasteiger partial charge in [0.2, 0.25) is 0 Å². The van der Waals surface area contributed by atoms with Gasteiger partial charge in [0.15, 0.2) is 0 Å². The van der Waals surface area contributed by atoms with Gasteiger partial charge in [0, 0.05) is 6.04 Å². The summed E-state index contributed by atoms with van der Waals surface area (Å²) >= 11 is 0. The second-order valence-electron chi connectivity index (χ2n) is 7.81. The van der Waals surface area contributed by atoms with Gasteiger partial charge in [-0.1, -0.05) is 38.1 Å². The summed E-state index contributed by atoms with van der Waals surface area (Å²) in [5.74, 6) is 3.80. The van der Waals surface area contributed by atoms with Gasteiger partial charge in [0.1, 0.15) is 0 Å². The Morgan fingerprint density at radius 1 is 0.952 bits per heavy atom. The van der Waals surface area contributed by atoms with Crippen LogP contribution in [0.3, 0.4) is 0 Å². The van der Waals surface area contributed by atoms with E-state index in [1.165, 1.54) is 49.8 Å². The van der Waals surface area contributed by atoms with Crippen LogP contribution in [0.1, 0.15) is 63.6 Å². The first-order valence-electron chi connectivity index (χ1n) is 8.95. The van der Waals surface area contributed by atoms with Crippen molar-refractivity contribution in [2.24, 2.45) is 23.7 Å². The van der Waals surface area contributed by atoms with Crippen molar-refractivity contribution in [3.05, 3.63) is 35.4 Å². The molecule has 1 N–H and O–H groups in total. The Kier molecular flexibility index (Phi) is 4.69. The predicted octanol–water partition coefficient (Wildman–Crippen LogP) is 4.97. The number of benzene rings is 1. The van der Waals surface area contributed by atoms with Crippen molar-refractivity contribution in [2.75, 3.05) is 6.54 Å². The highest BCUT2D eigenvalue weighted by molar-refractivity contribution is 5.25. The van der Waals surface area contributed by atoms with Crippen LogP contribution in [0.2, 0.25) is 0 Å². The second-order valence-corrected chi connectivity index (χ2v) is 7.81. The quantitative estimate of drug-likeness (QED) is 0.711. The van der Waals surface area contributed by atoms with Crippen LogP contribution in [-0.2, 0) is 6.42 Å². The highest BCUT2D eigenvalue weighted by Gasteiger charge is 2.41. The molecule has 2 aliphatic carbocycles. The van der Waals surface area contributed by atoms with Crippen LogP contribution in [0.5, 0.6) is 0 Å². The molecule has 116 valence electrons. The lowest BCUT2D eigenvalue weighted by atomic mass is 9.96. The minimum absolute atomic E-state index is 0.484. The molecule has 0 heterocycles. The van der Waals surface area contributed by atoms with E-state index in [1.807, 2.05) is 0 Å². The molecular weight excluding hydrogens is 254 g/mol. The zero-order valence-corrected chi connectivity index (χ0v) is 13.9. The van der Waals surface area contributed by atoms with Crippen molar-refractivity contribution < 1.29 is 0 Å². The Hall–Kier alpha value is -0.820. The fraction of sp³-hybridized carbons (Fsp3) is 0.700. The van der Waals surface area contributed by atoms with Gasteiger partial charge in [-0.3, -0.25) is 0 Å². The van der Waals surface area contributed by atoms with Crippen LogP contribution in [-0.4, -0.2) is 6.54 Å². The Labute approximate surface area is 130 Å². The van der Waals surface area contributed by atoms with Crippen LogP contribution in [0.25, 0.3) is 0 Å². The van der Waals surface area contributed by atoms with E-state index in [4.69, 9.17) is 0 Å². The predicted molar refractivity (Wildman–Crippen MR) is 90.3 cm³/mol. The summed E-state index contributed by atoms with van der Waals surface area (Å²) in [6.07, 6.45) is 7.14. The maximum atomic E-state index is 3.80. The molecule has 2 fully saturated rings. The lowest BCUT2D eigenvalue weighted by Gasteiger charge is -2.21. The molecule has 0 aliphatic heterocycles. The lowest BCUT2D eigenvalue weighted by molar-refractivity contribution is 0.362. The largest absolute Gasteiger partial charge is 0.310 e. The summed E-state index contributed by atoms with van der Waals surface area (Å²) in [7, 11) is 0. The third-order valence-electron chi connectivity index (χ3n) is 5.24. The van der Waals surface area contributed by atoms with E-state index in [1.54, 1.807) is 0 Å². The molecule has 0 amide bonds. The number of hydrogen-bond donors (Lipinski definition) is 1. The molecule has 0 saturated heterocycles. The molecule has 1 atom stereocenters. The lowest BCUT2D eigenvalue weighted by Crippen LogP contribution is -2.28. The minimum Gasteiger partial charge on any atom is -0.310 e. The fourth-order valence-electron chi connectivity index (χ4n) is 3.61. The molecule has 0 spiro atoms. The van der Waals surface area contributed by atoms with Crippen LogP contribution in [0, 0.1) is 23.7 Å². The average Bonchev–Trinajstić information content (AvgIpc) is 3.33. The van der Waals surface area contributed by atoms with E-state index < -0.39 is 0 Å². The number of hydrogen-bond acceptors (Lipinski definition) is 1. The summed E-state index contributed by atoms with van der Waals surface area (Å²) in [4.78, 5) is 0. The zero-order valence-electron chi connectivity index (χ0n) is 13.9. The van der Waals surface area contributed by atoms with Crippen molar-refractivity contribution in [3.63, 3.8) is 0 Å². The monoisotopic (exact) mass is 285 g/mol. The maximum Gasteiger partial charge on any atom is 0.0291 e. The molecule has 0 radical (unpaired) electrons. The standard InChI is InChI=1S/C20H31N/c1-14(2)12-16-4-6-17(7-5-16)15(3)21-13-20(18-8-9-18)19-10-11-19/h4-7,14-15,18-21H,8-13H2,1-3H3. The fourth-order valence-corrected chi connectivity index (χ4v) is 3.61. The van der Waals surface area contributed by atoms with E-state index in [0.29, 0.717) is 6.04 Å². The van der Waals surface area contributed by atoms with Crippen molar-refractivity contribution in [1.29, 1.82) is 0 Å². The van der Waals surface area contributed by atoms with Crippen molar-refractivity contribution in [3.8, 4) is 0 Å². The summed E-state index contributed by atoms with van der Waals surface area (Å²) < 4.78 is 0. The average molecular weight is 285 g/mol. The zero-order chi connectivity index (χ0) is 14.8. The highest BCUT2D eigenvalue weighted by Crippen LogP contribution is 2.48. The van der Waals surface area contributed by atoms with Crippen molar-refractivity contribution in [1.82, 2.24) is 5.32 Å². The van der Waals surface area contributed by atoms with Gasteiger partial charge in [-0.05, 0) is 80.4 Å². The summed E-state index contributed by atoms with van der Waals surface area (Å²) in [6, 6.07) is 9.75. The molecule has 2 aliphatic rings. The Morgan fingerprint density at radius 2 is 1.52 bits per heavy atom. The Balaban J connectivity index is 1.51. The van der Waals surface area contributed by atoms with Gasteiger partial charge in [0.25, 0.3) is 0 Å². The molecular formula is C20H31N. The third-order valence-corrected chi connectivity index (χ3v) is 5.24. The summed E-state index contributed by atoms with van der Waals surface area (Å²) in [6.45, 7) is 8.11. The molecule has 0 aromatic heterocycles. The normalized spacial score (nSPS) is 20.2. The van der Waals surface area contributed by atoms with Gasteiger partial charge >= 0.3 is 0 Å². The van der Waals surface area contributed by atoms with Crippen LogP contribution in [0.4, 0.5) is 0 Å². The topological polar surface area (TPSA) is 12.0 Å². The molecule has 3 rings (SSSR count). The first-order chi connectivity index (χ1) is 10.1. The van der Waals surface area contributed by atoms with Gasteiger partial charge in [0.05, 0.1) is 0 Å². The molecule has 0 bridgehead atoms. The van der Waals surface area contributed by atoms with E-state index in [0.717, 1.165) is 23.7 Å². The highest BCUT2D eigenvalue weighted by atomic mass is 14.9. The minimum atomic E-state index is 0.484. The molecule has 1 nitrogen and oxygen atoms in total. The van der Waals surface area contributed by atoms with Gasteiger partial charge < -0.3 is 5.32 Å². The molecule has 1 aromatic carbocycles. The molecule has 1 heteroatoms. The molecule has 2 saturated carbocycles. The van der Waals surface area contributed by atoms with Gasteiger partial charge in [-0.15, -0.1) is 0 Å². The smallest absolute Gasteiger partial charge is 0.0291 e. The van der Waals surface area contributed by atoms with E-state index in [-0.39, 0.29) is 0 Å². The van der Waals surface area contributed by atoms with E-state index in [9.17, 15) is 0 Å². The Bertz CT molecular complexity index is 427. The van der Waals surface area contributed by atoms with Crippen molar-refractivity contribution >= 4 is 0 Å². The van der Waals surface area contributed by atoms with Gasteiger partial charge in [-0.25, -0.2) is 0 Å². The summed E-state index contributed by atoms with van der Waals surface area (Å²) in [5, 5.41) is 3.80. The van der Waals surface area contributed by atoms with Crippen LogP contribution in [0.15, 0.2) is 24.3 Å². The van der Waals surface area contributed by atoms with Crippen molar-refractivity contribution in [2.45, 2.75) is 58.9 Å². The first-order valence-corrected chi connectivity index (χ1v) is 8.95. The third kappa shape index (κ3) is 4.32. The van der Waals surface area contributed by atoms with Crippen LogP contribution < -0.4 is 5.32 Å². The maximum absolute atomic E-state index is 3.80. The second kappa shape index (κ2) is 6.52. The van der Waals surface area contributed by atoms with E-state index in [2.05, 4.69) is 50.4 Å². The molecule has 1 unspecified atom stereocenters. The molecule has 21 heavy (non-hydrogen) atoms.